The van der Waals surface area contributed by atoms with Crippen LogP contribution in [0.3, 0.4) is 0 Å². The summed E-state index contributed by atoms with van der Waals surface area (Å²) >= 11 is 2.17. The second kappa shape index (κ2) is 9.92. The summed E-state index contributed by atoms with van der Waals surface area (Å²) < 4.78 is 6.90. The summed E-state index contributed by atoms with van der Waals surface area (Å²) in [5, 5.41) is 0. The molecule has 0 aromatic rings. The van der Waals surface area contributed by atoms with Crippen molar-refractivity contribution in [2.24, 2.45) is 0 Å². The van der Waals surface area contributed by atoms with E-state index in [0.717, 1.165) is 6.61 Å². The van der Waals surface area contributed by atoms with Gasteiger partial charge in [0.15, 0.2) is 0 Å². The van der Waals surface area contributed by atoms with Crippen LogP contribution in [-0.4, -0.2) is 45.0 Å². The summed E-state index contributed by atoms with van der Waals surface area (Å²) in [5.41, 5.74) is 0. The van der Waals surface area contributed by atoms with Crippen molar-refractivity contribution >= 4 is 60.8 Å². The number of hydrogen-bond donors (Lipinski definition) is 0. The molecule has 0 aromatic heterocycles. The molecule has 0 fully saturated rings. The Kier molecular flexibility index (Phi) is 10.8. The molecule has 0 spiro atoms. The molecule has 0 saturated carbocycles. The van der Waals surface area contributed by atoms with E-state index in [1.165, 1.54) is 0 Å². The summed E-state index contributed by atoms with van der Waals surface area (Å²) in [7, 11) is 1.68. The molecule has 0 aliphatic rings. The molecular formula is C2H5B6IO. The fourth-order valence-electron chi connectivity index (χ4n) is 0.367. The monoisotopic (exact) mass is 238 g/mol. The van der Waals surface area contributed by atoms with Gasteiger partial charge in [-0.25, -0.2) is 0 Å². The van der Waals surface area contributed by atoms with Gasteiger partial charge < -0.3 is 0 Å². The third kappa shape index (κ3) is 8.92. The van der Waals surface area contributed by atoms with Gasteiger partial charge >= 0.3 is 79.0 Å². The maximum absolute atomic E-state index is 4.96. The Morgan fingerprint density at radius 2 is 1.90 bits per heavy atom. The molecule has 0 unspecified atom stereocenters. The zero-order valence-electron chi connectivity index (χ0n) is 5.96. The van der Waals surface area contributed by atoms with Crippen LogP contribution < -0.4 is 0 Å². The molecule has 0 amide bonds. The predicted molar refractivity (Wildman–Crippen MR) is 60.2 cm³/mol. The minimum atomic E-state index is 0.729. The standard InChI is InChI=1S/C2H5B6IO/c1-2-10-8-6-4-3-5-7-9/h2H2,1H3. The summed E-state index contributed by atoms with van der Waals surface area (Å²) in [4.78, 5) is 0. The van der Waals surface area contributed by atoms with Crippen LogP contribution in [0.4, 0.5) is 0 Å². The molecule has 44 valence electrons. The van der Waals surface area contributed by atoms with Crippen molar-refractivity contribution in [3.63, 3.8) is 0 Å². The number of hydrogen-bond acceptors (Lipinski definition) is 1. The second-order valence-electron chi connectivity index (χ2n) is 1.49. The van der Waals surface area contributed by atoms with E-state index in [4.69, 9.17) is 4.65 Å². The third-order valence-corrected chi connectivity index (χ3v) is 1.16. The Hall–Kier alpha value is 0.920. The summed E-state index contributed by atoms with van der Waals surface area (Å²) in [5.74, 6) is 0. The third-order valence-electron chi connectivity index (χ3n) is 0.748. The van der Waals surface area contributed by atoms with Crippen molar-refractivity contribution in [2.75, 3.05) is 6.61 Å². The first-order valence-electron chi connectivity index (χ1n) is 3.12. The zero-order valence-corrected chi connectivity index (χ0v) is 8.11. The number of rotatable bonds is 4. The Morgan fingerprint density at radius 3 is 2.50 bits per heavy atom. The van der Waals surface area contributed by atoms with Crippen LogP contribution in [0, 0.1) is 0 Å². The topological polar surface area (TPSA) is 9.23 Å². The molecule has 8 heteroatoms. The Balaban J connectivity index is 3.32. The Morgan fingerprint density at radius 1 is 1.20 bits per heavy atom. The molecule has 0 atom stereocenters. The SMILES string of the molecule is CCOB=BB=BB=BI. The molecule has 0 radical (unpaired) electrons. The molecule has 0 aromatic carbocycles. The molecule has 0 heterocycles. The summed E-state index contributed by atoms with van der Waals surface area (Å²) in [6.45, 7) is 10.4. The van der Waals surface area contributed by atoms with Crippen LogP contribution in [0.2, 0.25) is 0 Å². The van der Waals surface area contributed by atoms with Gasteiger partial charge in [-0.05, 0) is 0 Å². The van der Waals surface area contributed by atoms with E-state index in [9.17, 15) is 0 Å². The van der Waals surface area contributed by atoms with Crippen LogP contribution in [0.1, 0.15) is 6.92 Å². The van der Waals surface area contributed by atoms with Crippen LogP contribution in [0.25, 0.3) is 0 Å². The van der Waals surface area contributed by atoms with Crippen LogP contribution in [0.5, 0.6) is 0 Å². The molecule has 10 heavy (non-hydrogen) atoms. The van der Waals surface area contributed by atoms with Crippen molar-refractivity contribution < 1.29 is 4.65 Å². The fraction of sp³-hybridized carbons (Fsp3) is 1.00. The van der Waals surface area contributed by atoms with Gasteiger partial charge in [0.05, 0.1) is 0 Å². The molecule has 1 nitrogen and oxygen atoms in total. The molecule has 0 bridgehead atoms. The van der Waals surface area contributed by atoms with Gasteiger partial charge in [-0.2, -0.15) is 0 Å². The van der Waals surface area contributed by atoms with Crippen molar-refractivity contribution in [2.45, 2.75) is 6.92 Å². The van der Waals surface area contributed by atoms with Gasteiger partial charge in [0.2, 0.25) is 0 Å². The first-order chi connectivity index (χ1) is 4.91. The van der Waals surface area contributed by atoms with E-state index in [1.54, 1.807) is 7.00 Å². The van der Waals surface area contributed by atoms with Gasteiger partial charge in [0.1, 0.15) is 0 Å². The van der Waals surface area contributed by atoms with E-state index in [-0.39, 0.29) is 0 Å². The van der Waals surface area contributed by atoms with E-state index in [1.807, 2.05) is 38.4 Å². The van der Waals surface area contributed by atoms with Gasteiger partial charge in [-0.15, -0.1) is 0 Å². The van der Waals surface area contributed by atoms with E-state index in [2.05, 4.69) is 22.4 Å². The fourth-order valence-corrected chi connectivity index (χ4v) is 0.607. The van der Waals surface area contributed by atoms with Crippen molar-refractivity contribution in [3.05, 3.63) is 0 Å². The molecule has 0 aliphatic carbocycles. The molecule has 0 saturated heterocycles. The average Bonchev–Trinajstić information content (AvgIpc) is 1.97. The van der Waals surface area contributed by atoms with E-state index in [0.29, 0.717) is 0 Å². The average molecular weight is 237 g/mol. The quantitative estimate of drug-likeness (QED) is 0.454. The summed E-state index contributed by atoms with van der Waals surface area (Å²) in [6, 6.07) is 0. The van der Waals surface area contributed by atoms with Crippen molar-refractivity contribution in [3.8, 4) is 0 Å². The minimum absolute atomic E-state index is 0.729. The first-order valence-corrected chi connectivity index (χ1v) is 4.36. The van der Waals surface area contributed by atoms with Crippen LogP contribution >= 0.6 is 22.4 Å². The molecular weight excluding hydrogens is 232 g/mol. The molecule has 0 rings (SSSR count). The van der Waals surface area contributed by atoms with Gasteiger partial charge in [-0.3, -0.25) is 0 Å². The molecule has 0 aliphatic heterocycles. The predicted octanol–water partition coefficient (Wildman–Crippen LogP) is -0.912. The number of halogens is 1. The molecule has 0 N–H and O–H groups in total. The van der Waals surface area contributed by atoms with E-state index >= 15 is 0 Å². The Labute approximate surface area is 78.9 Å². The van der Waals surface area contributed by atoms with Crippen LogP contribution in [0.15, 0.2) is 0 Å². The van der Waals surface area contributed by atoms with Crippen molar-refractivity contribution in [1.29, 1.82) is 0 Å². The normalized spacial score (nSPS) is 7.40. The second-order valence-corrected chi connectivity index (χ2v) is 2.21. The van der Waals surface area contributed by atoms with Crippen molar-refractivity contribution in [1.82, 2.24) is 0 Å². The Bertz CT molecular complexity index is 143. The van der Waals surface area contributed by atoms with E-state index < -0.39 is 0 Å². The summed E-state index contributed by atoms with van der Waals surface area (Å²) in [6.07, 6.45) is 0. The maximum atomic E-state index is 4.96. The van der Waals surface area contributed by atoms with Crippen LogP contribution in [-0.2, 0) is 4.65 Å². The zero-order chi connectivity index (χ0) is 7.66. The van der Waals surface area contributed by atoms with Gasteiger partial charge in [-0.1, -0.05) is 0 Å². The van der Waals surface area contributed by atoms with Gasteiger partial charge in [0.25, 0.3) is 0 Å². The first kappa shape index (κ1) is 10.9. The van der Waals surface area contributed by atoms with Gasteiger partial charge in [0, 0.05) is 0 Å².